The van der Waals surface area contributed by atoms with Gasteiger partial charge in [0.2, 0.25) is 17.6 Å². The number of carbonyl (C=O) groups is 5. The third kappa shape index (κ3) is 14.8. The highest BCUT2D eigenvalue weighted by molar-refractivity contribution is 7.10. The van der Waals surface area contributed by atoms with Gasteiger partial charge in [0.1, 0.15) is 51.3 Å². The van der Waals surface area contributed by atoms with E-state index in [2.05, 4.69) is 20.5 Å². The van der Waals surface area contributed by atoms with Crippen molar-refractivity contribution in [3.05, 3.63) is 93.8 Å². The molecular formula is C64H82F3N9O8S. The summed E-state index contributed by atoms with van der Waals surface area (Å²) in [7, 11) is 3.00. The Labute approximate surface area is 500 Å². The number of methoxy groups -OCH3 is 1. The summed E-state index contributed by atoms with van der Waals surface area (Å²) >= 11 is 1.38. The molecule has 0 bridgehead atoms. The molecule has 5 aromatic rings. The average molecular weight is 1190 g/mol. The number of thiazole rings is 1. The third-order valence-corrected chi connectivity index (χ3v) is 19.4. The fourth-order valence-corrected chi connectivity index (χ4v) is 14.6. The van der Waals surface area contributed by atoms with Crippen molar-refractivity contribution in [3.8, 4) is 11.5 Å². The van der Waals surface area contributed by atoms with Crippen molar-refractivity contribution >= 4 is 57.5 Å². The normalized spacial score (nSPS) is 21.2. The van der Waals surface area contributed by atoms with Crippen molar-refractivity contribution < 1.29 is 51.4 Å². The van der Waals surface area contributed by atoms with Gasteiger partial charge in [0.15, 0.2) is 0 Å². The van der Waals surface area contributed by atoms with Gasteiger partial charge in [-0.15, -0.1) is 11.3 Å². The molecule has 17 nitrogen and oxygen atoms in total. The maximum atomic E-state index is 14.6. The molecule has 4 amide bonds. The van der Waals surface area contributed by atoms with Crippen LogP contribution in [0.3, 0.4) is 0 Å². The van der Waals surface area contributed by atoms with Crippen LogP contribution in [0.15, 0.2) is 66.2 Å². The number of pyridine rings is 1. The van der Waals surface area contributed by atoms with E-state index in [-0.39, 0.29) is 35.4 Å². The molecule has 0 radical (unpaired) electrons. The first-order valence-electron chi connectivity index (χ1n) is 30.6. The first-order chi connectivity index (χ1) is 40.6. The number of carbonyl (C=O) groups excluding carboxylic acids is 5. The number of hydrogen-bond donors (Lipinski definition) is 2. The molecule has 2 aliphatic heterocycles. The Balaban J connectivity index is 0.639. The monoisotopic (exact) mass is 1190 g/mol. The van der Waals surface area contributed by atoms with E-state index in [1.165, 1.54) is 62.1 Å². The second-order valence-electron chi connectivity index (χ2n) is 25.6. The molecule has 5 fully saturated rings. The minimum Gasteiger partial charge on any atom is -0.494 e. The van der Waals surface area contributed by atoms with Crippen LogP contribution in [-0.4, -0.2) is 129 Å². The summed E-state index contributed by atoms with van der Waals surface area (Å²) in [6, 6.07) is 12.3. The second kappa shape index (κ2) is 26.2. The Morgan fingerprint density at radius 2 is 1.60 bits per heavy atom. The number of amides is 4. The molecule has 10 rings (SSSR count). The molecule has 0 unspecified atom stereocenters. The van der Waals surface area contributed by atoms with Crippen LogP contribution < -0.4 is 20.1 Å². The number of likely N-dealkylation sites (tertiary alicyclic amines) is 2. The van der Waals surface area contributed by atoms with E-state index in [1.54, 1.807) is 57.3 Å². The summed E-state index contributed by atoms with van der Waals surface area (Å²) in [6.45, 7) is 11.5. The predicted molar refractivity (Wildman–Crippen MR) is 318 cm³/mol. The van der Waals surface area contributed by atoms with Crippen LogP contribution >= 0.6 is 11.3 Å². The number of halogens is 3. The SMILES string of the molecule is COc1cc2nn([C@H]3CC[C@H](CN4CCC5(CC4)CC(CCCOc4cccc(C(=O)c6csc([C@@H]7CCCN7C(=O)[C@@H](NC(=O)[C@H](C)N(C)C(=O)OC(C)(C)C)C7CCCCC7)n6)c4)C5)CC3)cc2cc1NC(=O)c1cccc(C(F)(F)F)n1. The lowest BCUT2D eigenvalue weighted by atomic mass is 9.56. The van der Waals surface area contributed by atoms with Gasteiger partial charge in [0, 0.05) is 48.7 Å². The minimum atomic E-state index is -4.67. The zero-order valence-corrected chi connectivity index (χ0v) is 50.7. The maximum absolute atomic E-state index is 14.6. The Morgan fingerprint density at radius 1 is 0.859 bits per heavy atom. The molecule has 5 aliphatic rings. The molecule has 3 saturated carbocycles. The second-order valence-corrected chi connectivity index (χ2v) is 26.5. The van der Waals surface area contributed by atoms with Gasteiger partial charge < -0.3 is 34.6 Å². The van der Waals surface area contributed by atoms with Gasteiger partial charge in [-0.1, -0.05) is 37.5 Å². The Morgan fingerprint density at radius 3 is 2.32 bits per heavy atom. The highest BCUT2D eigenvalue weighted by atomic mass is 32.1. The number of hydrogen-bond acceptors (Lipinski definition) is 13. The highest BCUT2D eigenvalue weighted by Gasteiger charge is 2.46. The average Bonchev–Trinajstić information content (AvgIpc) is 2.41. The molecule has 2 N–H and O–H groups in total. The zero-order chi connectivity index (χ0) is 60.2. The lowest BCUT2D eigenvalue weighted by molar-refractivity contribution is -0.141. The maximum Gasteiger partial charge on any atom is 0.433 e. The Kier molecular flexibility index (Phi) is 18.9. The van der Waals surface area contributed by atoms with Gasteiger partial charge >= 0.3 is 12.3 Å². The number of nitrogens with zero attached hydrogens (tertiary/aromatic N) is 7. The summed E-state index contributed by atoms with van der Waals surface area (Å²) in [5.41, 5.74) is 0.100. The van der Waals surface area contributed by atoms with Crippen LogP contribution in [0, 0.1) is 23.2 Å². The van der Waals surface area contributed by atoms with Gasteiger partial charge in [-0.25, -0.2) is 14.8 Å². The summed E-state index contributed by atoms with van der Waals surface area (Å²) < 4.78 is 59.1. The van der Waals surface area contributed by atoms with Crippen molar-refractivity contribution in [2.75, 3.05) is 52.3 Å². The number of benzene rings is 2. The molecule has 3 atom stereocenters. The van der Waals surface area contributed by atoms with Crippen LogP contribution in [0.25, 0.3) is 10.9 Å². The number of fused-ring (bicyclic) bond motifs is 1. The van der Waals surface area contributed by atoms with Crippen molar-refractivity contribution in [3.63, 3.8) is 0 Å². The van der Waals surface area contributed by atoms with Crippen LogP contribution in [-0.2, 0) is 20.5 Å². The molecule has 3 aliphatic carbocycles. The fraction of sp³-hybridized carbons (Fsp3) is 0.594. The van der Waals surface area contributed by atoms with Crippen molar-refractivity contribution in [1.29, 1.82) is 0 Å². The molecule has 1 spiro atoms. The van der Waals surface area contributed by atoms with Gasteiger partial charge in [0.25, 0.3) is 5.91 Å². The number of nitrogens with one attached hydrogen (secondary N) is 2. The summed E-state index contributed by atoms with van der Waals surface area (Å²) in [4.78, 5) is 82.2. The topological polar surface area (TPSA) is 190 Å². The zero-order valence-electron chi connectivity index (χ0n) is 49.9. The highest BCUT2D eigenvalue weighted by Crippen LogP contribution is 2.54. The Hall–Kier alpha value is -6.61. The number of anilines is 1. The lowest BCUT2D eigenvalue weighted by Crippen LogP contribution is -2.56. The molecule has 2 saturated heterocycles. The van der Waals surface area contributed by atoms with E-state index in [0.717, 1.165) is 114 Å². The molecule has 2 aromatic carbocycles. The minimum absolute atomic E-state index is 0.0288. The van der Waals surface area contributed by atoms with Gasteiger partial charge in [-0.2, -0.15) is 18.3 Å². The molecule has 3 aromatic heterocycles. The summed E-state index contributed by atoms with van der Waals surface area (Å²) in [5.74, 6) is 0.778. The van der Waals surface area contributed by atoms with Crippen molar-refractivity contribution in [2.24, 2.45) is 23.2 Å². The van der Waals surface area contributed by atoms with Crippen LogP contribution in [0.2, 0.25) is 0 Å². The first kappa shape index (κ1) is 61.5. The van der Waals surface area contributed by atoms with E-state index in [1.807, 2.05) is 27.9 Å². The number of piperidine rings is 1. The molecule has 5 heterocycles. The van der Waals surface area contributed by atoms with E-state index < -0.39 is 47.5 Å². The Bertz CT molecular complexity index is 3190. The van der Waals surface area contributed by atoms with Gasteiger partial charge in [-0.3, -0.25) is 28.8 Å². The molecule has 21 heteroatoms. The first-order valence-corrected chi connectivity index (χ1v) is 31.4. The van der Waals surface area contributed by atoms with Crippen LogP contribution in [0.5, 0.6) is 11.5 Å². The van der Waals surface area contributed by atoms with E-state index >= 15 is 0 Å². The summed E-state index contributed by atoms with van der Waals surface area (Å²) in [5, 5.41) is 13.9. The number of alkyl halides is 3. The number of ether oxygens (including phenoxy) is 3. The predicted octanol–water partition coefficient (Wildman–Crippen LogP) is 12.5. The number of aromatic nitrogens is 4. The van der Waals surface area contributed by atoms with E-state index in [0.29, 0.717) is 75.8 Å². The smallest absolute Gasteiger partial charge is 0.433 e. The van der Waals surface area contributed by atoms with E-state index in [9.17, 15) is 37.1 Å². The lowest BCUT2D eigenvalue weighted by Gasteiger charge is -2.53. The van der Waals surface area contributed by atoms with Crippen molar-refractivity contribution in [1.82, 2.24) is 39.8 Å². The van der Waals surface area contributed by atoms with Crippen LogP contribution in [0.1, 0.15) is 186 Å². The number of rotatable bonds is 19. The van der Waals surface area contributed by atoms with Crippen LogP contribution in [0.4, 0.5) is 23.7 Å². The van der Waals surface area contributed by atoms with E-state index in [4.69, 9.17) is 24.3 Å². The van der Waals surface area contributed by atoms with Gasteiger partial charge in [-0.05, 0) is 184 Å². The quantitative estimate of drug-likeness (QED) is 0.0588. The largest absolute Gasteiger partial charge is 0.494 e. The standard InChI is InChI=1S/C64H82F3N9O8S/c1-40(73(5)61(81)84-62(2,3)4)57(78)71-55(43-15-8-7-9-16-43)60(80)75-28-12-20-52(75)59-70-51(39-85-59)56(77)44-17-10-18-47(32-44)83-31-13-14-42-35-63(36-42)26-29-74(30-27-63)37-41-22-24-46(25-23-41)76-38-45-33-50(53(82-6)34-49(45)72-76)69-58(79)48-19-11-21-54(68-48)64(65,66)67/h10-11,17-19,21,32-34,38-43,46,52,55H,7-9,12-16,20,22-31,35-37H2,1-6H3,(H,69,79)(H,71,78)/t40-,41-,46-,52-,55-/m0/s1. The van der Waals surface area contributed by atoms with Gasteiger partial charge in [0.05, 0.1) is 37.0 Å². The number of likely N-dealkylation sites (N-methyl/N-ethyl adjacent to an activating group) is 1. The fourth-order valence-electron chi connectivity index (χ4n) is 13.6. The third-order valence-electron chi connectivity index (χ3n) is 18.5. The van der Waals surface area contributed by atoms with Crippen molar-refractivity contribution in [2.45, 2.75) is 173 Å². The number of ketones is 1. The summed E-state index contributed by atoms with van der Waals surface area (Å²) in [6.07, 6.45) is 14.2. The molecule has 85 heavy (non-hydrogen) atoms. The molecular weight excluding hydrogens is 1110 g/mol. The molecule has 458 valence electrons.